The molecule has 0 radical (unpaired) electrons. The van der Waals surface area contributed by atoms with Crippen molar-refractivity contribution < 1.29 is 5.11 Å². The lowest BCUT2D eigenvalue weighted by Crippen LogP contribution is -1.90. The van der Waals surface area contributed by atoms with Gasteiger partial charge >= 0.3 is 0 Å². The fourth-order valence-electron chi connectivity index (χ4n) is 5.20. The second kappa shape index (κ2) is 5.15. The van der Waals surface area contributed by atoms with E-state index in [4.69, 9.17) is 0 Å². The van der Waals surface area contributed by atoms with E-state index >= 15 is 0 Å². The maximum Gasteiger partial charge on any atom is 0.123 e. The molecule has 0 aromatic heterocycles. The molecule has 0 atom stereocenters. The van der Waals surface area contributed by atoms with Crippen LogP contribution < -0.4 is 0 Å². The van der Waals surface area contributed by atoms with Crippen molar-refractivity contribution in [2.45, 2.75) is 0 Å². The molecule has 1 N–H and O–H groups in total. The molecule has 0 fully saturated rings. The molecule has 0 saturated heterocycles. The Morgan fingerprint density at radius 2 is 1.03 bits per heavy atom. The molecular formula is C28H16O. The predicted octanol–water partition coefficient (Wildman–Crippen LogP) is 7.70. The molecule has 7 aromatic rings. The lowest BCUT2D eigenvalue weighted by molar-refractivity contribution is 0.477. The average molecular weight is 368 g/mol. The monoisotopic (exact) mass is 368 g/mol. The van der Waals surface area contributed by atoms with Gasteiger partial charge in [0, 0.05) is 5.56 Å². The molecule has 1 heteroatoms. The third kappa shape index (κ3) is 1.85. The summed E-state index contributed by atoms with van der Waals surface area (Å²) in [6, 6.07) is 32.0. The number of phenolic OH excluding ortho intramolecular Hbond substituents is 1. The summed E-state index contributed by atoms with van der Waals surface area (Å²) in [7, 11) is 0. The van der Waals surface area contributed by atoms with Gasteiger partial charge in [-0.15, -0.1) is 0 Å². The molecule has 134 valence electrons. The van der Waals surface area contributed by atoms with Gasteiger partial charge in [0.1, 0.15) is 5.75 Å². The molecule has 1 nitrogen and oxygen atoms in total. The summed E-state index contributed by atoms with van der Waals surface area (Å²) in [5.41, 5.74) is 1.95. The van der Waals surface area contributed by atoms with E-state index in [1.807, 2.05) is 18.2 Å². The summed E-state index contributed by atoms with van der Waals surface area (Å²) in [6.45, 7) is 0. The highest BCUT2D eigenvalue weighted by atomic mass is 16.3. The summed E-state index contributed by atoms with van der Waals surface area (Å²) < 4.78 is 0. The number of hydrogen-bond acceptors (Lipinski definition) is 1. The Bertz CT molecular complexity index is 1710. The molecule has 0 aliphatic carbocycles. The summed E-state index contributed by atoms with van der Waals surface area (Å²) in [6.07, 6.45) is 0. The minimum absolute atomic E-state index is 0.319. The largest absolute Gasteiger partial charge is 0.507 e. The smallest absolute Gasteiger partial charge is 0.123 e. The first-order valence-electron chi connectivity index (χ1n) is 9.93. The third-order valence-electron chi connectivity index (χ3n) is 6.42. The van der Waals surface area contributed by atoms with E-state index in [0.717, 1.165) is 11.1 Å². The van der Waals surface area contributed by atoms with Crippen molar-refractivity contribution in [3.8, 4) is 16.9 Å². The van der Waals surface area contributed by atoms with Crippen molar-refractivity contribution in [2.24, 2.45) is 0 Å². The number of aromatic hydroxyl groups is 1. The molecule has 29 heavy (non-hydrogen) atoms. The zero-order valence-corrected chi connectivity index (χ0v) is 15.6. The number of para-hydroxylation sites is 1. The van der Waals surface area contributed by atoms with Crippen LogP contribution in [0.5, 0.6) is 5.75 Å². The van der Waals surface area contributed by atoms with E-state index in [-0.39, 0.29) is 0 Å². The van der Waals surface area contributed by atoms with Crippen molar-refractivity contribution in [3.63, 3.8) is 0 Å². The molecular weight excluding hydrogens is 352 g/mol. The van der Waals surface area contributed by atoms with E-state index < -0.39 is 0 Å². The first kappa shape index (κ1) is 15.1. The minimum atomic E-state index is 0.319. The molecule has 0 heterocycles. The van der Waals surface area contributed by atoms with Crippen LogP contribution in [0.3, 0.4) is 0 Å². The Hall–Kier alpha value is -3.84. The van der Waals surface area contributed by atoms with Crippen LogP contribution in [0.2, 0.25) is 0 Å². The molecule has 0 bridgehead atoms. The number of phenols is 1. The van der Waals surface area contributed by atoms with Crippen LogP contribution in [0.25, 0.3) is 65.0 Å². The van der Waals surface area contributed by atoms with Gasteiger partial charge in [-0.1, -0.05) is 72.8 Å². The quantitative estimate of drug-likeness (QED) is 0.232. The SMILES string of the molecule is Oc1ccccc1-c1ccc2cc3ccc4cccc5cc6ccc1c2c6c3c45. The molecule has 7 aromatic carbocycles. The molecule has 0 aliphatic rings. The van der Waals surface area contributed by atoms with Gasteiger partial charge in [-0.05, 0) is 77.6 Å². The topological polar surface area (TPSA) is 20.2 Å². The van der Waals surface area contributed by atoms with Crippen LogP contribution in [-0.2, 0) is 0 Å². The molecule has 7 rings (SSSR count). The second-order valence-corrected chi connectivity index (χ2v) is 7.94. The summed E-state index contributed by atoms with van der Waals surface area (Å²) in [5.74, 6) is 0.319. The van der Waals surface area contributed by atoms with Crippen molar-refractivity contribution in [1.82, 2.24) is 0 Å². The minimum Gasteiger partial charge on any atom is -0.507 e. The Morgan fingerprint density at radius 3 is 1.90 bits per heavy atom. The Balaban J connectivity index is 1.77. The zero-order valence-electron chi connectivity index (χ0n) is 15.6. The zero-order chi connectivity index (χ0) is 19.1. The van der Waals surface area contributed by atoms with Gasteiger partial charge in [0.2, 0.25) is 0 Å². The highest BCUT2D eigenvalue weighted by Crippen LogP contribution is 2.46. The fourth-order valence-corrected chi connectivity index (χ4v) is 5.20. The maximum atomic E-state index is 10.5. The molecule has 0 spiro atoms. The summed E-state index contributed by atoms with van der Waals surface area (Å²) in [4.78, 5) is 0. The standard InChI is InChI=1S/C28H16O/c29-24-7-2-1-6-22(24)21-12-10-18-15-19-9-8-16-4-3-5-17-14-20-11-13-23(21)26(18)28(20)27(19)25(16)17/h1-15,29H. The van der Waals surface area contributed by atoms with Gasteiger partial charge in [0.05, 0.1) is 0 Å². The highest BCUT2D eigenvalue weighted by Gasteiger charge is 2.17. The molecule has 0 saturated carbocycles. The molecule has 0 aliphatic heterocycles. The summed E-state index contributed by atoms with van der Waals surface area (Å²) >= 11 is 0. The van der Waals surface area contributed by atoms with Crippen molar-refractivity contribution in [2.75, 3.05) is 0 Å². The highest BCUT2D eigenvalue weighted by molar-refractivity contribution is 6.37. The van der Waals surface area contributed by atoms with Gasteiger partial charge in [-0.25, -0.2) is 0 Å². The first-order valence-corrected chi connectivity index (χ1v) is 9.93. The van der Waals surface area contributed by atoms with Gasteiger partial charge in [-0.2, -0.15) is 0 Å². The Labute approximate surface area is 167 Å². The third-order valence-corrected chi connectivity index (χ3v) is 6.42. The van der Waals surface area contributed by atoms with Crippen molar-refractivity contribution in [3.05, 3.63) is 91.0 Å². The number of rotatable bonds is 1. The van der Waals surface area contributed by atoms with Gasteiger partial charge in [0.25, 0.3) is 0 Å². The van der Waals surface area contributed by atoms with E-state index in [1.165, 1.54) is 53.9 Å². The van der Waals surface area contributed by atoms with E-state index in [1.54, 1.807) is 6.07 Å². The molecule has 0 amide bonds. The van der Waals surface area contributed by atoms with Crippen LogP contribution >= 0.6 is 0 Å². The summed E-state index contributed by atoms with van der Waals surface area (Å²) in [5, 5.41) is 23.4. The molecule has 0 unspecified atom stereocenters. The van der Waals surface area contributed by atoms with Crippen LogP contribution in [0, 0.1) is 0 Å². The second-order valence-electron chi connectivity index (χ2n) is 7.94. The average Bonchev–Trinajstić information content (AvgIpc) is 2.76. The van der Waals surface area contributed by atoms with Crippen molar-refractivity contribution >= 4 is 53.9 Å². The van der Waals surface area contributed by atoms with Crippen LogP contribution in [0.1, 0.15) is 0 Å². The van der Waals surface area contributed by atoms with Gasteiger partial charge < -0.3 is 5.11 Å². The van der Waals surface area contributed by atoms with Crippen LogP contribution in [0.15, 0.2) is 91.0 Å². The van der Waals surface area contributed by atoms with E-state index in [0.29, 0.717) is 5.75 Å². The van der Waals surface area contributed by atoms with Gasteiger partial charge in [-0.3, -0.25) is 0 Å². The normalized spacial score (nSPS) is 12.3. The van der Waals surface area contributed by atoms with Crippen molar-refractivity contribution in [1.29, 1.82) is 0 Å². The predicted molar refractivity (Wildman–Crippen MR) is 123 cm³/mol. The lowest BCUT2D eigenvalue weighted by atomic mass is 9.85. The van der Waals surface area contributed by atoms with Gasteiger partial charge in [0.15, 0.2) is 0 Å². The van der Waals surface area contributed by atoms with E-state index in [9.17, 15) is 5.11 Å². The van der Waals surface area contributed by atoms with E-state index in [2.05, 4.69) is 66.7 Å². The lowest BCUT2D eigenvalue weighted by Gasteiger charge is -2.18. The fraction of sp³-hybridized carbons (Fsp3) is 0. The Morgan fingerprint density at radius 1 is 0.414 bits per heavy atom. The number of benzene rings is 7. The van der Waals surface area contributed by atoms with Crippen LogP contribution in [-0.4, -0.2) is 5.11 Å². The number of hydrogen-bond donors (Lipinski definition) is 1. The van der Waals surface area contributed by atoms with Crippen LogP contribution in [0.4, 0.5) is 0 Å². The Kier molecular flexibility index (Phi) is 2.69. The first-order chi connectivity index (χ1) is 14.3. The maximum absolute atomic E-state index is 10.5.